The number of aromatic amines is 1. The molecule has 0 bridgehead atoms. The van der Waals surface area contributed by atoms with Gasteiger partial charge in [0.25, 0.3) is 5.56 Å². The molecule has 0 saturated heterocycles. The molecule has 6 nitrogen and oxygen atoms in total. The van der Waals surface area contributed by atoms with E-state index in [1.54, 1.807) is 12.1 Å². The van der Waals surface area contributed by atoms with Gasteiger partial charge in [-0.25, -0.2) is 4.98 Å². The van der Waals surface area contributed by atoms with Gasteiger partial charge in [-0.2, -0.15) is 0 Å². The van der Waals surface area contributed by atoms with Gasteiger partial charge < -0.3 is 9.72 Å². The van der Waals surface area contributed by atoms with Gasteiger partial charge in [-0.05, 0) is 28.4 Å². The van der Waals surface area contributed by atoms with Gasteiger partial charge in [-0.3, -0.25) is 4.79 Å². The van der Waals surface area contributed by atoms with E-state index in [1.807, 2.05) is 6.92 Å². The van der Waals surface area contributed by atoms with Crippen LogP contribution in [0, 0.1) is 0 Å². The standard InChI is InChI=1S/C11H11BrN4O2/c1-3-6-9(12)11(17)14-10(13-6)7-4-5-8(18-2)16-15-7/h4-5H,3H2,1-2H3,(H,13,14,17). The van der Waals surface area contributed by atoms with Gasteiger partial charge in [0.1, 0.15) is 10.2 Å². The van der Waals surface area contributed by atoms with Crippen LogP contribution in [0.2, 0.25) is 0 Å². The van der Waals surface area contributed by atoms with E-state index in [0.29, 0.717) is 34.0 Å². The molecule has 7 heteroatoms. The van der Waals surface area contributed by atoms with E-state index >= 15 is 0 Å². The van der Waals surface area contributed by atoms with E-state index in [9.17, 15) is 4.79 Å². The summed E-state index contributed by atoms with van der Waals surface area (Å²) in [6.45, 7) is 1.93. The van der Waals surface area contributed by atoms with E-state index < -0.39 is 0 Å². The van der Waals surface area contributed by atoms with Crippen molar-refractivity contribution in [2.24, 2.45) is 0 Å². The Bertz CT molecular complexity index is 609. The zero-order chi connectivity index (χ0) is 13.1. The lowest BCUT2D eigenvalue weighted by Gasteiger charge is -2.04. The Morgan fingerprint density at radius 3 is 2.72 bits per heavy atom. The predicted octanol–water partition coefficient (Wildman–Crippen LogP) is 1.56. The fraction of sp³-hybridized carbons (Fsp3) is 0.273. The molecule has 0 saturated carbocycles. The van der Waals surface area contributed by atoms with Gasteiger partial charge in [0.15, 0.2) is 5.82 Å². The monoisotopic (exact) mass is 310 g/mol. The maximum absolute atomic E-state index is 11.7. The highest BCUT2D eigenvalue weighted by atomic mass is 79.9. The van der Waals surface area contributed by atoms with Crippen LogP contribution in [0.15, 0.2) is 21.4 Å². The summed E-state index contributed by atoms with van der Waals surface area (Å²) in [4.78, 5) is 18.7. The number of aromatic nitrogens is 4. The molecule has 2 aromatic rings. The van der Waals surface area contributed by atoms with Crippen molar-refractivity contribution in [2.45, 2.75) is 13.3 Å². The van der Waals surface area contributed by atoms with Crippen LogP contribution in [-0.2, 0) is 6.42 Å². The summed E-state index contributed by atoms with van der Waals surface area (Å²) in [7, 11) is 1.51. The van der Waals surface area contributed by atoms with Crippen LogP contribution in [0.4, 0.5) is 0 Å². The highest BCUT2D eigenvalue weighted by Crippen LogP contribution is 2.16. The highest BCUT2D eigenvalue weighted by molar-refractivity contribution is 9.10. The molecule has 0 fully saturated rings. The summed E-state index contributed by atoms with van der Waals surface area (Å²) in [5.41, 5.74) is 0.955. The Morgan fingerprint density at radius 1 is 1.39 bits per heavy atom. The molecule has 0 aliphatic carbocycles. The van der Waals surface area contributed by atoms with Crippen LogP contribution in [0.3, 0.4) is 0 Å². The third-order valence-electron chi connectivity index (χ3n) is 2.36. The summed E-state index contributed by atoms with van der Waals surface area (Å²) >= 11 is 3.21. The molecule has 2 rings (SSSR count). The van der Waals surface area contributed by atoms with Crippen LogP contribution >= 0.6 is 15.9 Å². The number of aryl methyl sites for hydroxylation is 1. The van der Waals surface area contributed by atoms with Crippen LogP contribution in [0.1, 0.15) is 12.6 Å². The second kappa shape index (κ2) is 5.26. The first-order valence-electron chi connectivity index (χ1n) is 5.32. The van der Waals surface area contributed by atoms with Gasteiger partial charge in [0.05, 0.1) is 12.8 Å². The maximum atomic E-state index is 11.7. The van der Waals surface area contributed by atoms with E-state index in [0.717, 1.165) is 0 Å². The van der Waals surface area contributed by atoms with Crippen LogP contribution in [0.5, 0.6) is 5.88 Å². The molecule has 0 aromatic carbocycles. The number of hydrogen-bond acceptors (Lipinski definition) is 5. The number of methoxy groups -OCH3 is 1. The average Bonchev–Trinajstić information content (AvgIpc) is 2.42. The van der Waals surface area contributed by atoms with Gasteiger partial charge >= 0.3 is 0 Å². The molecule has 18 heavy (non-hydrogen) atoms. The third kappa shape index (κ3) is 2.40. The second-order valence-electron chi connectivity index (χ2n) is 3.49. The smallest absolute Gasteiger partial charge is 0.265 e. The molecule has 2 aromatic heterocycles. The lowest BCUT2D eigenvalue weighted by atomic mass is 10.3. The largest absolute Gasteiger partial charge is 0.480 e. The highest BCUT2D eigenvalue weighted by Gasteiger charge is 2.10. The zero-order valence-corrected chi connectivity index (χ0v) is 11.5. The molecule has 0 radical (unpaired) electrons. The Hall–Kier alpha value is -1.76. The molecule has 1 N–H and O–H groups in total. The van der Waals surface area contributed by atoms with Crippen molar-refractivity contribution in [3.63, 3.8) is 0 Å². The first-order chi connectivity index (χ1) is 8.65. The first kappa shape index (κ1) is 12.7. The van der Waals surface area contributed by atoms with E-state index in [4.69, 9.17) is 4.74 Å². The molecule has 0 spiro atoms. The van der Waals surface area contributed by atoms with Crippen molar-refractivity contribution >= 4 is 15.9 Å². The number of rotatable bonds is 3. The SMILES string of the molecule is CCc1nc(-c2ccc(OC)nn2)[nH]c(=O)c1Br. The number of halogens is 1. The van der Waals surface area contributed by atoms with E-state index in [-0.39, 0.29) is 5.56 Å². The van der Waals surface area contributed by atoms with Crippen LogP contribution in [0.25, 0.3) is 11.5 Å². The third-order valence-corrected chi connectivity index (χ3v) is 3.18. The molecular weight excluding hydrogens is 300 g/mol. The molecule has 0 aliphatic heterocycles. The van der Waals surface area contributed by atoms with Crippen molar-refractivity contribution in [3.05, 3.63) is 32.7 Å². The van der Waals surface area contributed by atoms with Crippen molar-refractivity contribution in [3.8, 4) is 17.4 Å². The van der Waals surface area contributed by atoms with Gasteiger partial charge in [0, 0.05) is 6.07 Å². The fourth-order valence-corrected chi connectivity index (χ4v) is 1.88. The molecule has 94 valence electrons. The van der Waals surface area contributed by atoms with Crippen LogP contribution < -0.4 is 10.3 Å². The predicted molar refractivity (Wildman–Crippen MR) is 69.5 cm³/mol. The Kier molecular flexibility index (Phi) is 3.71. The number of hydrogen-bond donors (Lipinski definition) is 1. The zero-order valence-electron chi connectivity index (χ0n) is 9.90. The quantitative estimate of drug-likeness (QED) is 0.930. The summed E-state index contributed by atoms with van der Waals surface area (Å²) in [6.07, 6.45) is 0.654. The van der Waals surface area contributed by atoms with Crippen molar-refractivity contribution in [2.75, 3.05) is 7.11 Å². The number of nitrogens with zero attached hydrogens (tertiary/aromatic N) is 3. The molecule has 0 amide bonds. The van der Waals surface area contributed by atoms with E-state index in [2.05, 4.69) is 36.1 Å². The summed E-state index contributed by atoms with van der Waals surface area (Å²) in [5, 5.41) is 7.78. The minimum atomic E-state index is -0.227. The average molecular weight is 311 g/mol. The minimum Gasteiger partial charge on any atom is -0.480 e. The number of nitrogens with one attached hydrogen (secondary N) is 1. The van der Waals surface area contributed by atoms with E-state index in [1.165, 1.54) is 7.11 Å². The van der Waals surface area contributed by atoms with Crippen LogP contribution in [-0.4, -0.2) is 27.3 Å². The number of H-pyrrole nitrogens is 1. The van der Waals surface area contributed by atoms with Crippen molar-refractivity contribution in [1.82, 2.24) is 20.2 Å². The minimum absolute atomic E-state index is 0.227. The Morgan fingerprint density at radius 2 is 2.17 bits per heavy atom. The first-order valence-corrected chi connectivity index (χ1v) is 6.11. The summed E-state index contributed by atoms with van der Waals surface area (Å²) < 4.78 is 5.37. The summed E-state index contributed by atoms with van der Waals surface area (Å²) in [5.74, 6) is 0.809. The Labute approximate surface area is 112 Å². The number of ether oxygens (including phenoxy) is 1. The lowest BCUT2D eigenvalue weighted by Crippen LogP contribution is -2.13. The molecule has 0 unspecified atom stereocenters. The van der Waals surface area contributed by atoms with Crippen molar-refractivity contribution < 1.29 is 4.74 Å². The normalized spacial score (nSPS) is 10.4. The maximum Gasteiger partial charge on any atom is 0.265 e. The second-order valence-corrected chi connectivity index (χ2v) is 4.28. The molecule has 0 aliphatic rings. The fourth-order valence-electron chi connectivity index (χ4n) is 1.42. The summed E-state index contributed by atoms with van der Waals surface area (Å²) in [6, 6.07) is 3.35. The van der Waals surface area contributed by atoms with Gasteiger partial charge in [-0.1, -0.05) is 6.92 Å². The lowest BCUT2D eigenvalue weighted by molar-refractivity contribution is 0.392. The van der Waals surface area contributed by atoms with Gasteiger partial charge in [-0.15, -0.1) is 10.2 Å². The van der Waals surface area contributed by atoms with Gasteiger partial charge in [0.2, 0.25) is 5.88 Å². The molecular formula is C11H11BrN4O2. The molecule has 2 heterocycles. The van der Waals surface area contributed by atoms with Crippen molar-refractivity contribution in [1.29, 1.82) is 0 Å². The Balaban J connectivity index is 2.50. The molecule has 0 atom stereocenters. The topological polar surface area (TPSA) is 80.8 Å².